The third-order valence-electron chi connectivity index (χ3n) is 5.74. The first-order chi connectivity index (χ1) is 15.8. The molecule has 2 aromatic carbocycles. The molecule has 9 heteroatoms. The van der Waals surface area contributed by atoms with Gasteiger partial charge in [0.25, 0.3) is 5.56 Å². The first kappa shape index (κ1) is 23.1. The van der Waals surface area contributed by atoms with Gasteiger partial charge in [-0.3, -0.25) is 19.2 Å². The number of likely N-dealkylation sites (tertiary alicyclic amines) is 1. The molecule has 1 N–H and O–H groups in total. The van der Waals surface area contributed by atoms with Gasteiger partial charge in [0.2, 0.25) is 0 Å². The second-order valence-corrected chi connectivity index (χ2v) is 8.60. The number of hydrogen-bond acceptors (Lipinski definition) is 5. The molecule has 0 spiro atoms. The number of aromatic amines is 1. The zero-order valence-corrected chi connectivity index (χ0v) is 19.2. The summed E-state index contributed by atoms with van der Waals surface area (Å²) in [6.45, 7) is 3.79. The van der Waals surface area contributed by atoms with Gasteiger partial charge < -0.3 is 9.47 Å². The largest absolute Gasteiger partial charge is 0.492 e. The maximum absolute atomic E-state index is 13.7. The lowest BCUT2D eigenvalue weighted by Crippen LogP contribution is -2.41. The second kappa shape index (κ2) is 9.80. The van der Waals surface area contributed by atoms with E-state index in [9.17, 15) is 14.0 Å². The average molecular weight is 474 g/mol. The maximum atomic E-state index is 13.7. The average Bonchev–Trinajstić information content (AvgIpc) is 2.76. The van der Waals surface area contributed by atoms with Crippen molar-refractivity contribution in [1.29, 1.82) is 0 Å². The quantitative estimate of drug-likeness (QED) is 0.578. The van der Waals surface area contributed by atoms with Crippen molar-refractivity contribution in [2.75, 3.05) is 20.2 Å². The predicted octanol–water partition coefficient (Wildman–Crippen LogP) is 4.28. The van der Waals surface area contributed by atoms with Gasteiger partial charge in [-0.2, -0.15) is 0 Å². The van der Waals surface area contributed by atoms with Crippen LogP contribution in [0.5, 0.6) is 17.2 Å². The van der Waals surface area contributed by atoms with Gasteiger partial charge in [-0.15, -0.1) is 0 Å². The number of benzene rings is 2. The number of halogens is 2. The molecule has 1 aromatic heterocycles. The highest BCUT2D eigenvalue weighted by Crippen LogP contribution is 2.36. The minimum atomic E-state index is -0.486. The van der Waals surface area contributed by atoms with Crippen molar-refractivity contribution in [2.24, 2.45) is 0 Å². The zero-order valence-electron chi connectivity index (χ0n) is 18.4. The van der Waals surface area contributed by atoms with Crippen molar-refractivity contribution in [3.05, 3.63) is 85.4 Å². The molecule has 0 radical (unpaired) electrons. The van der Waals surface area contributed by atoms with Crippen LogP contribution in [0.4, 0.5) is 4.39 Å². The number of nitrogens with one attached hydrogen (secondary N) is 1. The summed E-state index contributed by atoms with van der Waals surface area (Å²) in [5.74, 6) is 0.802. The van der Waals surface area contributed by atoms with Crippen LogP contribution in [0, 0.1) is 12.7 Å². The Morgan fingerprint density at radius 3 is 2.82 bits per heavy atom. The first-order valence-corrected chi connectivity index (χ1v) is 11.1. The van der Waals surface area contributed by atoms with Gasteiger partial charge in [-0.25, -0.2) is 9.18 Å². The normalized spacial score (nSPS) is 16.5. The van der Waals surface area contributed by atoms with Gasteiger partial charge in [0.05, 0.1) is 13.2 Å². The number of rotatable bonds is 6. The summed E-state index contributed by atoms with van der Waals surface area (Å²) in [6, 6.07) is 9.52. The number of ether oxygens (including phenoxy) is 2. The van der Waals surface area contributed by atoms with E-state index >= 15 is 0 Å². The highest BCUT2D eigenvalue weighted by Gasteiger charge is 2.24. The fourth-order valence-corrected chi connectivity index (χ4v) is 4.42. The Labute approximate surface area is 195 Å². The number of nitrogens with zero attached hydrogens (tertiary/aromatic N) is 2. The van der Waals surface area contributed by atoms with E-state index in [1.54, 1.807) is 30.9 Å². The molecule has 0 aliphatic carbocycles. The van der Waals surface area contributed by atoms with E-state index < -0.39 is 5.82 Å². The molecule has 174 valence electrons. The van der Waals surface area contributed by atoms with Gasteiger partial charge in [0, 0.05) is 41.5 Å². The first-order valence-electron chi connectivity index (χ1n) is 10.7. The summed E-state index contributed by atoms with van der Waals surface area (Å²) < 4.78 is 26.8. The van der Waals surface area contributed by atoms with Crippen LogP contribution in [-0.4, -0.2) is 34.7 Å². The highest BCUT2D eigenvalue weighted by atomic mass is 35.5. The highest BCUT2D eigenvalue weighted by molar-refractivity contribution is 6.30. The number of aryl methyl sites for hydroxylation is 1. The molecule has 1 atom stereocenters. The van der Waals surface area contributed by atoms with Crippen molar-refractivity contribution >= 4 is 11.6 Å². The Hall–Kier alpha value is -3.10. The van der Waals surface area contributed by atoms with Crippen molar-refractivity contribution in [3.63, 3.8) is 0 Å². The van der Waals surface area contributed by atoms with Crippen molar-refractivity contribution < 1.29 is 13.9 Å². The molecule has 33 heavy (non-hydrogen) atoms. The molecule has 1 fully saturated rings. The van der Waals surface area contributed by atoms with Crippen LogP contribution in [0.2, 0.25) is 5.02 Å². The second-order valence-electron chi connectivity index (χ2n) is 8.17. The van der Waals surface area contributed by atoms with Crippen LogP contribution >= 0.6 is 11.6 Å². The number of methoxy groups -OCH3 is 1. The smallest absolute Gasteiger partial charge is 0.328 e. The number of piperidine rings is 1. The molecule has 0 unspecified atom stereocenters. The minimum Gasteiger partial charge on any atom is -0.492 e. The van der Waals surface area contributed by atoms with Gasteiger partial charge in [0.1, 0.15) is 11.6 Å². The van der Waals surface area contributed by atoms with Gasteiger partial charge >= 0.3 is 5.69 Å². The molecule has 0 saturated carbocycles. The number of aromatic nitrogens is 2. The van der Waals surface area contributed by atoms with Crippen molar-refractivity contribution in [3.8, 4) is 17.2 Å². The summed E-state index contributed by atoms with van der Waals surface area (Å²) in [7, 11) is 1.56. The number of H-pyrrole nitrogens is 1. The van der Waals surface area contributed by atoms with Crippen LogP contribution in [0.3, 0.4) is 0 Å². The molecule has 2 heterocycles. The SMILES string of the molecule is COc1c(CN2CCC[C@H](n3cc(C)c(=O)[nH]c3=O)C2)cccc1Oc1cc(F)cc(Cl)c1. The van der Waals surface area contributed by atoms with Crippen LogP contribution < -0.4 is 20.7 Å². The van der Waals surface area contributed by atoms with Gasteiger partial charge in [-0.05, 0) is 44.5 Å². The van der Waals surface area contributed by atoms with E-state index in [0.29, 0.717) is 30.2 Å². The minimum absolute atomic E-state index is 0.0401. The molecule has 0 amide bonds. The zero-order chi connectivity index (χ0) is 23.5. The standard InChI is InChI=1S/C24H25ClFN3O4/c1-15-12-29(24(31)27-23(15)30)19-6-4-8-28(14-19)13-16-5-3-7-21(22(16)32-2)33-20-10-17(25)9-18(26)11-20/h3,5,7,9-12,19H,4,6,8,13-14H2,1-2H3,(H,27,30,31)/t19-/m0/s1. The van der Waals surface area contributed by atoms with Crippen molar-refractivity contribution in [1.82, 2.24) is 14.5 Å². The lowest BCUT2D eigenvalue weighted by molar-refractivity contribution is 0.165. The van der Waals surface area contributed by atoms with Gasteiger partial charge in [0.15, 0.2) is 11.5 Å². The lowest BCUT2D eigenvalue weighted by atomic mass is 10.0. The number of hydrogen-bond donors (Lipinski definition) is 1. The maximum Gasteiger partial charge on any atom is 0.328 e. The molecule has 1 saturated heterocycles. The number of para-hydroxylation sites is 1. The van der Waals surface area contributed by atoms with Crippen molar-refractivity contribution in [2.45, 2.75) is 32.4 Å². The molecular weight excluding hydrogens is 449 g/mol. The lowest BCUT2D eigenvalue weighted by Gasteiger charge is -2.34. The third-order valence-corrected chi connectivity index (χ3v) is 5.96. The van der Waals surface area contributed by atoms with Crippen LogP contribution in [0.25, 0.3) is 0 Å². The van der Waals surface area contributed by atoms with E-state index in [4.69, 9.17) is 21.1 Å². The van der Waals surface area contributed by atoms with Crippen LogP contribution in [0.15, 0.2) is 52.2 Å². The Morgan fingerprint density at radius 2 is 2.06 bits per heavy atom. The Morgan fingerprint density at radius 1 is 1.24 bits per heavy atom. The monoisotopic (exact) mass is 473 g/mol. The summed E-state index contributed by atoms with van der Waals surface area (Å²) in [5.41, 5.74) is 0.670. The van der Waals surface area contributed by atoms with Crippen LogP contribution in [0.1, 0.15) is 30.0 Å². The molecule has 0 bridgehead atoms. The summed E-state index contributed by atoms with van der Waals surface area (Å²) in [6.07, 6.45) is 3.40. The molecule has 1 aliphatic rings. The molecule has 3 aromatic rings. The molecular formula is C24H25ClFN3O4. The Balaban J connectivity index is 1.55. The Bertz CT molecular complexity index is 1250. The predicted molar refractivity (Wildman–Crippen MR) is 124 cm³/mol. The molecule has 1 aliphatic heterocycles. The van der Waals surface area contributed by atoms with E-state index in [1.807, 2.05) is 12.1 Å². The fourth-order valence-electron chi connectivity index (χ4n) is 4.21. The van der Waals surface area contributed by atoms with E-state index in [2.05, 4.69) is 9.88 Å². The van der Waals surface area contributed by atoms with E-state index in [-0.39, 0.29) is 28.1 Å². The molecule has 4 rings (SSSR count). The van der Waals surface area contributed by atoms with Gasteiger partial charge in [-0.1, -0.05) is 23.7 Å². The van der Waals surface area contributed by atoms with E-state index in [0.717, 1.165) is 24.9 Å². The fraction of sp³-hybridized carbons (Fsp3) is 0.333. The Kier molecular flexibility index (Phi) is 6.85. The molecule has 7 nitrogen and oxygen atoms in total. The topological polar surface area (TPSA) is 76.6 Å². The summed E-state index contributed by atoms with van der Waals surface area (Å²) in [4.78, 5) is 28.7. The van der Waals surface area contributed by atoms with Crippen LogP contribution in [-0.2, 0) is 6.54 Å². The van der Waals surface area contributed by atoms with E-state index in [1.165, 1.54) is 18.2 Å². The summed E-state index contributed by atoms with van der Waals surface area (Å²) in [5, 5.41) is 0.243. The summed E-state index contributed by atoms with van der Waals surface area (Å²) >= 11 is 5.94. The third kappa shape index (κ3) is 5.29.